The van der Waals surface area contributed by atoms with Gasteiger partial charge in [-0.3, -0.25) is 9.59 Å². The van der Waals surface area contributed by atoms with E-state index >= 15 is 0 Å². The molecular weight excluding hydrogens is 290 g/mol. The van der Waals surface area contributed by atoms with Crippen molar-refractivity contribution in [3.8, 4) is 0 Å². The second kappa shape index (κ2) is 11.4. The molecule has 4 nitrogen and oxygen atoms in total. The van der Waals surface area contributed by atoms with Crippen molar-refractivity contribution in [1.29, 1.82) is 0 Å². The molecule has 1 amide bonds. The summed E-state index contributed by atoms with van der Waals surface area (Å²) in [5, 5.41) is 2.84. The number of amides is 1. The van der Waals surface area contributed by atoms with E-state index in [1.807, 2.05) is 6.92 Å². The Kier molecular flexibility index (Phi) is 9.85. The third kappa shape index (κ3) is 8.31. The van der Waals surface area contributed by atoms with Gasteiger partial charge in [0, 0.05) is 6.42 Å². The Labute approximate surface area is 141 Å². The zero-order valence-corrected chi connectivity index (χ0v) is 15.0. The first-order chi connectivity index (χ1) is 11.1. The quantitative estimate of drug-likeness (QED) is 0.431. The summed E-state index contributed by atoms with van der Waals surface area (Å²) in [6.45, 7) is 6.32. The number of hydrogen-bond acceptors (Lipinski definition) is 3. The van der Waals surface area contributed by atoms with Crippen LogP contribution in [-0.2, 0) is 14.3 Å². The Morgan fingerprint density at radius 1 is 1.09 bits per heavy atom. The molecule has 0 bridgehead atoms. The molecule has 1 N–H and O–H groups in total. The summed E-state index contributed by atoms with van der Waals surface area (Å²) < 4.78 is 5.69. The molecular formula is C19H33NO3. The lowest BCUT2D eigenvalue weighted by Gasteiger charge is -2.10. The van der Waals surface area contributed by atoms with Gasteiger partial charge >= 0.3 is 0 Å². The predicted molar refractivity (Wildman–Crippen MR) is 93.1 cm³/mol. The van der Waals surface area contributed by atoms with Crippen LogP contribution in [0.5, 0.6) is 0 Å². The first-order valence-corrected chi connectivity index (χ1v) is 9.22. The number of rotatable bonds is 12. The van der Waals surface area contributed by atoms with E-state index in [1.54, 1.807) is 6.08 Å². The topological polar surface area (TPSA) is 55.4 Å². The molecule has 1 fully saturated rings. The SMILES string of the molecule is CCCCCC/C(C)=C\C(=O)CCC1NC(=O)C(CCCC)O1. The number of unbranched alkanes of at least 4 members (excludes halogenated alkanes) is 4. The van der Waals surface area contributed by atoms with Crippen LogP contribution in [0.15, 0.2) is 11.6 Å². The standard InChI is InChI=1S/C19H33NO3/c1-4-6-8-9-10-15(3)14-16(21)12-13-18-20-19(22)17(23-18)11-7-5-2/h14,17-18H,4-13H2,1-3H3,(H,20,22)/b15-14-. The van der Waals surface area contributed by atoms with Gasteiger partial charge in [-0.05, 0) is 38.7 Å². The van der Waals surface area contributed by atoms with Gasteiger partial charge in [0.15, 0.2) is 5.78 Å². The van der Waals surface area contributed by atoms with Gasteiger partial charge < -0.3 is 10.1 Å². The van der Waals surface area contributed by atoms with E-state index < -0.39 is 0 Å². The van der Waals surface area contributed by atoms with Gasteiger partial charge in [0.1, 0.15) is 12.3 Å². The van der Waals surface area contributed by atoms with Gasteiger partial charge in [-0.15, -0.1) is 0 Å². The molecule has 1 aliphatic heterocycles. The fraction of sp³-hybridized carbons (Fsp3) is 0.789. The van der Waals surface area contributed by atoms with Gasteiger partial charge in [-0.2, -0.15) is 0 Å². The molecule has 0 aromatic heterocycles. The van der Waals surface area contributed by atoms with E-state index in [0.717, 1.165) is 37.7 Å². The van der Waals surface area contributed by atoms with Crippen molar-refractivity contribution in [3.05, 3.63) is 11.6 Å². The lowest BCUT2D eigenvalue weighted by atomic mass is 10.1. The molecule has 2 unspecified atom stereocenters. The highest BCUT2D eigenvalue weighted by molar-refractivity contribution is 5.90. The highest BCUT2D eigenvalue weighted by Gasteiger charge is 2.31. The number of ether oxygens (including phenoxy) is 1. The molecule has 0 aromatic carbocycles. The average Bonchev–Trinajstić information content (AvgIpc) is 2.87. The fourth-order valence-electron chi connectivity index (χ4n) is 2.80. The van der Waals surface area contributed by atoms with Crippen LogP contribution in [0.4, 0.5) is 0 Å². The predicted octanol–water partition coefficient (Wildman–Crippen LogP) is 4.28. The molecule has 0 aliphatic carbocycles. The number of nitrogens with one attached hydrogen (secondary N) is 1. The molecule has 23 heavy (non-hydrogen) atoms. The fourth-order valence-corrected chi connectivity index (χ4v) is 2.80. The summed E-state index contributed by atoms with van der Waals surface area (Å²) in [5.41, 5.74) is 1.16. The summed E-state index contributed by atoms with van der Waals surface area (Å²) in [5.74, 6) is 0.103. The van der Waals surface area contributed by atoms with E-state index in [-0.39, 0.29) is 24.0 Å². The van der Waals surface area contributed by atoms with E-state index in [9.17, 15) is 9.59 Å². The Morgan fingerprint density at radius 3 is 2.52 bits per heavy atom. The minimum Gasteiger partial charge on any atom is -0.345 e. The minimum absolute atomic E-state index is 0.0291. The smallest absolute Gasteiger partial charge is 0.251 e. The van der Waals surface area contributed by atoms with Crippen LogP contribution in [0, 0.1) is 0 Å². The minimum atomic E-state index is -0.328. The highest BCUT2D eigenvalue weighted by atomic mass is 16.5. The van der Waals surface area contributed by atoms with Crippen LogP contribution >= 0.6 is 0 Å². The van der Waals surface area contributed by atoms with E-state index in [1.165, 1.54) is 19.3 Å². The summed E-state index contributed by atoms with van der Waals surface area (Å²) in [6, 6.07) is 0. The molecule has 132 valence electrons. The van der Waals surface area contributed by atoms with E-state index in [0.29, 0.717) is 12.8 Å². The van der Waals surface area contributed by atoms with Gasteiger partial charge in [0.2, 0.25) is 0 Å². The largest absolute Gasteiger partial charge is 0.345 e. The normalized spacial score (nSPS) is 21.5. The second-order valence-corrected chi connectivity index (χ2v) is 6.57. The van der Waals surface area contributed by atoms with Crippen molar-refractivity contribution < 1.29 is 14.3 Å². The lowest BCUT2D eigenvalue weighted by molar-refractivity contribution is -0.123. The maximum Gasteiger partial charge on any atom is 0.251 e. The van der Waals surface area contributed by atoms with Crippen molar-refractivity contribution in [2.45, 2.75) is 97.3 Å². The van der Waals surface area contributed by atoms with Crippen LogP contribution < -0.4 is 5.32 Å². The zero-order chi connectivity index (χ0) is 17.1. The molecule has 1 heterocycles. The van der Waals surface area contributed by atoms with Crippen molar-refractivity contribution in [2.75, 3.05) is 0 Å². The third-order valence-electron chi connectivity index (χ3n) is 4.23. The third-order valence-corrected chi connectivity index (χ3v) is 4.23. The van der Waals surface area contributed by atoms with Crippen LogP contribution in [0.25, 0.3) is 0 Å². The Bertz CT molecular complexity index is 403. The van der Waals surface area contributed by atoms with Crippen molar-refractivity contribution in [1.82, 2.24) is 5.32 Å². The van der Waals surface area contributed by atoms with Crippen molar-refractivity contribution in [2.24, 2.45) is 0 Å². The molecule has 0 radical (unpaired) electrons. The zero-order valence-electron chi connectivity index (χ0n) is 15.0. The Morgan fingerprint density at radius 2 is 1.83 bits per heavy atom. The molecule has 1 aliphatic rings. The van der Waals surface area contributed by atoms with Crippen molar-refractivity contribution in [3.63, 3.8) is 0 Å². The Hall–Kier alpha value is -1.16. The first-order valence-electron chi connectivity index (χ1n) is 9.22. The lowest BCUT2D eigenvalue weighted by Crippen LogP contribution is -2.28. The van der Waals surface area contributed by atoms with E-state index in [2.05, 4.69) is 19.2 Å². The van der Waals surface area contributed by atoms with Gasteiger partial charge in [0.25, 0.3) is 5.91 Å². The van der Waals surface area contributed by atoms with E-state index in [4.69, 9.17) is 4.74 Å². The number of carbonyl (C=O) groups is 2. The molecule has 1 saturated heterocycles. The van der Waals surface area contributed by atoms with Crippen LogP contribution in [0.3, 0.4) is 0 Å². The summed E-state index contributed by atoms with van der Waals surface area (Å²) in [7, 11) is 0. The van der Waals surface area contributed by atoms with Gasteiger partial charge in [0.05, 0.1) is 0 Å². The van der Waals surface area contributed by atoms with Crippen LogP contribution in [-0.4, -0.2) is 24.0 Å². The molecule has 4 heteroatoms. The molecule has 0 spiro atoms. The van der Waals surface area contributed by atoms with Gasteiger partial charge in [-0.1, -0.05) is 51.5 Å². The number of carbonyl (C=O) groups excluding carboxylic acids is 2. The van der Waals surface area contributed by atoms with Crippen molar-refractivity contribution >= 4 is 11.7 Å². The number of hydrogen-bond donors (Lipinski definition) is 1. The maximum atomic E-state index is 12.0. The van der Waals surface area contributed by atoms with Crippen LogP contribution in [0.2, 0.25) is 0 Å². The first kappa shape index (κ1) is 19.9. The van der Waals surface area contributed by atoms with Crippen LogP contribution in [0.1, 0.15) is 85.0 Å². The summed E-state index contributed by atoms with van der Waals surface area (Å²) in [4.78, 5) is 23.7. The molecule has 2 atom stereocenters. The monoisotopic (exact) mass is 323 g/mol. The average molecular weight is 323 g/mol. The molecule has 0 saturated carbocycles. The molecule has 1 rings (SSSR count). The number of ketones is 1. The maximum absolute atomic E-state index is 12.0. The second-order valence-electron chi connectivity index (χ2n) is 6.57. The number of allylic oxidation sites excluding steroid dienone is 2. The highest BCUT2D eigenvalue weighted by Crippen LogP contribution is 2.17. The summed E-state index contributed by atoms with van der Waals surface area (Å²) in [6.07, 6.45) is 10.8. The molecule has 0 aromatic rings. The summed E-state index contributed by atoms with van der Waals surface area (Å²) >= 11 is 0. The van der Waals surface area contributed by atoms with Gasteiger partial charge in [-0.25, -0.2) is 0 Å². The Balaban J connectivity index is 2.24.